The number of nitrogens with zero attached hydrogens (tertiary/aromatic N) is 2. The van der Waals surface area contributed by atoms with Crippen LogP contribution in [-0.2, 0) is 23.9 Å². The first-order chi connectivity index (χ1) is 15.6. The minimum Gasteiger partial charge on any atom is -0.461 e. The van der Waals surface area contributed by atoms with E-state index in [0.29, 0.717) is 19.5 Å². The first-order valence-electron chi connectivity index (χ1n) is 11.9. The Morgan fingerprint density at radius 3 is 2.67 bits per heavy atom. The number of hydrogen-bond acceptors (Lipinski definition) is 6. The topological polar surface area (TPSA) is 96.4 Å². The second-order valence-corrected chi connectivity index (χ2v) is 9.83. The van der Waals surface area contributed by atoms with E-state index in [9.17, 15) is 19.5 Å². The minimum absolute atomic E-state index is 0.0386. The van der Waals surface area contributed by atoms with Crippen molar-refractivity contribution >= 4 is 17.8 Å². The lowest BCUT2D eigenvalue weighted by Gasteiger charge is -2.38. The molecule has 0 aromatic rings. The van der Waals surface area contributed by atoms with Crippen LogP contribution in [0.1, 0.15) is 47.0 Å². The van der Waals surface area contributed by atoms with E-state index < -0.39 is 41.1 Å². The Balaban J connectivity index is 2.10. The molecule has 8 nitrogen and oxygen atoms in total. The zero-order chi connectivity index (χ0) is 24.6. The molecule has 3 aliphatic rings. The molecule has 3 rings (SSSR count). The number of carbonyl (C=O) groups excluding carboxylic acids is 3. The number of amides is 2. The van der Waals surface area contributed by atoms with Crippen molar-refractivity contribution in [1.82, 2.24) is 9.80 Å². The van der Waals surface area contributed by atoms with E-state index in [4.69, 9.17) is 9.47 Å². The maximum atomic E-state index is 14.0. The molecule has 3 aliphatic heterocycles. The van der Waals surface area contributed by atoms with Crippen molar-refractivity contribution < 1.29 is 29.0 Å². The second kappa shape index (κ2) is 9.58. The normalized spacial score (nSPS) is 35.3. The molecule has 2 bridgehead atoms. The molecule has 0 saturated carbocycles. The summed E-state index contributed by atoms with van der Waals surface area (Å²) < 4.78 is 12.0. The quantitative estimate of drug-likeness (QED) is 0.372. The number of ether oxygens (including phenoxy) is 2. The molecule has 8 heteroatoms. The maximum absolute atomic E-state index is 14.0. The van der Waals surface area contributed by atoms with Crippen molar-refractivity contribution in [2.24, 2.45) is 17.8 Å². The van der Waals surface area contributed by atoms with Gasteiger partial charge in [-0.2, -0.15) is 0 Å². The number of likely N-dealkylation sites (tertiary alicyclic amines) is 1. The summed E-state index contributed by atoms with van der Waals surface area (Å²) >= 11 is 0. The molecule has 2 amide bonds. The molecule has 0 aliphatic carbocycles. The highest BCUT2D eigenvalue weighted by molar-refractivity contribution is 5.98. The molecular weight excluding hydrogens is 424 g/mol. The van der Waals surface area contributed by atoms with Gasteiger partial charge in [0.1, 0.15) is 24.2 Å². The molecule has 1 spiro atoms. The summed E-state index contributed by atoms with van der Waals surface area (Å²) in [6, 6.07) is -1.52. The SMILES string of the molecule is C=CCOC(=O)[C@@H]1[C@H]2C(=O)N([C@H](C)CO)C(C(=O)N(CC=C)CCCC)C23CC(C)[C@@]1(C)O3. The number of aliphatic hydroxyl groups is 1. The standard InChI is InChI=1S/C25H38N2O6/c1-7-10-12-26(11-8-2)22(30)20-25-14-16(4)24(6,33-25)19(23(31)32-13-9-3)18(25)21(29)27(20)17(5)15-28/h8-9,16-20,28H,2-3,7,10-15H2,1,4-6H3/t16?,17-,18+,19+,20?,24-,25?/m1/s1. The largest absolute Gasteiger partial charge is 0.461 e. The van der Waals surface area contributed by atoms with Crippen molar-refractivity contribution in [2.45, 2.75) is 70.2 Å². The van der Waals surface area contributed by atoms with Crippen LogP contribution in [0.3, 0.4) is 0 Å². The van der Waals surface area contributed by atoms with Crippen LogP contribution in [0.5, 0.6) is 0 Å². The Morgan fingerprint density at radius 1 is 1.39 bits per heavy atom. The third-order valence-electron chi connectivity index (χ3n) is 7.77. The van der Waals surface area contributed by atoms with Crippen LogP contribution in [-0.4, -0.2) is 82.3 Å². The van der Waals surface area contributed by atoms with Gasteiger partial charge in [0.2, 0.25) is 11.8 Å². The average molecular weight is 463 g/mol. The summed E-state index contributed by atoms with van der Waals surface area (Å²) in [5.74, 6) is -2.80. The van der Waals surface area contributed by atoms with Gasteiger partial charge in [0, 0.05) is 13.1 Å². The highest BCUT2D eigenvalue weighted by Crippen LogP contribution is 2.65. The van der Waals surface area contributed by atoms with E-state index in [1.807, 2.05) is 20.8 Å². The van der Waals surface area contributed by atoms with E-state index in [1.54, 1.807) is 17.9 Å². The second-order valence-electron chi connectivity index (χ2n) is 9.83. The predicted molar refractivity (Wildman–Crippen MR) is 123 cm³/mol. The molecule has 7 atom stereocenters. The Bertz CT molecular complexity index is 815. The molecule has 0 radical (unpaired) electrons. The number of esters is 1. The summed E-state index contributed by atoms with van der Waals surface area (Å²) in [5, 5.41) is 9.94. The number of carbonyl (C=O) groups is 3. The maximum Gasteiger partial charge on any atom is 0.313 e. The smallest absolute Gasteiger partial charge is 0.313 e. The molecular formula is C25H38N2O6. The lowest BCUT2D eigenvalue weighted by Crippen LogP contribution is -2.58. The van der Waals surface area contributed by atoms with E-state index in [0.717, 1.165) is 12.8 Å². The first kappa shape index (κ1) is 25.4. The van der Waals surface area contributed by atoms with Crippen molar-refractivity contribution in [1.29, 1.82) is 0 Å². The van der Waals surface area contributed by atoms with Gasteiger partial charge in [-0.15, -0.1) is 6.58 Å². The molecule has 0 aromatic carbocycles. The number of aliphatic hydroxyl groups excluding tert-OH is 1. The van der Waals surface area contributed by atoms with Gasteiger partial charge in [0.25, 0.3) is 0 Å². The minimum atomic E-state index is -1.14. The summed E-state index contributed by atoms with van der Waals surface area (Å²) in [4.78, 5) is 44.1. The van der Waals surface area contributed by atoms with Gasteiger partial charge in [-0.05, 0) is 32.6 Å². The van der Waals surface area contributed by atoms with E-state index in [1.165, 1.54) is 11.0 Å². The predicted octanol–water partition coefficient (Wildman–Crippen LogP) is 1.92. The molecule has 33 heavy (non-hydrogen) atoms. The highest BCUT2D eigenvalue weighted by atomic mass is 16.6. The fourth-order valence-corrected chi connectivity index (χ4v) is 6.08. The number of rotatable bonds is 11. The molecule has 3 saturated heterocycles. The van der Waals surface area contributed by atoms with Gasteiger partial charge in [-0.1, -0.05) is 39.0 Å². The van der Waals surface area contributed by atoms with Crippen LogP contribution in [0.25, 0.3) is 0 Å². The van der Waals surface area contributed by atoms with E-state index in [2.05, 4.69) is 13.2 Å². The fourth-order valence-electron chi connectivity index (χ4n) is 6.08. The molecule has 184 valence electrons. The molecule has 1 N–H and O–H groups in total. The lowest BCUT2D eigenvalue weighted by molar-refractivity contribution is -0.162. The third-order valence-corrected chi connectivity index (χ3v) is 7.77. The highest BCUT2D eigenvalue weighted by Gasteiger charge is 2.80. The van der Waals surface area contributed by atoms with Crippen LogP contribution in [0.15, 0.2) is 25.3 Å². The monoisotopic (exact) mass is 462 g/mol. The Hall–Kier alpha value is -2.19. The summed E-state index contributed by atoms with van der Waals surface area (Å²) in [6.07, 6.45) is 5.37. The molecule has 0 aromatic heterocycles. The van der Waals surface area contributed by atoms with E-state index in [-0.39, 0.29) is 30.9 Å². The van der Waals surface area contributed by atoms with Gasteiger partial charge in [-0.3, -0.25) is 14.4 Å². The Morgan fingerprint density at radius 2 is 2.09 bits per heavy atom. The van der Waals surface area contributed by atoms with Crippen LogP contribution in [0, 0.1) is 17.8 Å². The number of hydrogen-bond donors (Lipinski definition) is 1. The number of unbranched alkanes of at least 4 members (excludes halogenated alkanes) is 1. The van der Waals surface area contributed by atoms with Crippen molar-refractivity contribution in [3.63, 3.8) is 0 Å². The Labute approximate surface area is 196 Å². The summed E-state index contributed by atoms with van der Waals surface area (Å²) in [6.45, 7) is 15.6. The van der Waals surface area contributed by atoms with E-state index >= 15 is 0 Å². The van der Waals surface area contributed by atoms with Gasteiger partial charge in [0.05, 0.1) is 24.2 Å². The van der Waals surface area contributed by atoms with Crippen molar-refractivity contribution in [3.8, 4) is 0 Å². The summed E-state index contributed by atoms with van der Waals surface area (Å²) in [7, 11) is 0. The van der Waals surface area contributed by atoms with Gasteiger partial charge < -0.3 is 24.4 Å². The lowest BCUT2D eigenvalue weighted by atomic mass is 9.62. The van der Waals surface area contributed by atoms with Crippen molar-refractivity contribution in [2.75, 3.05) is 26.3 Å². The zero-order valence-corrected chi connectivity index (χ0v) is 20.3. The van der Waals surface area contributed by atoms with Crippen LogP contribution in [0.4, 0.5) is 0 Å². The fraction of sp³-hybridized carbons (Fsp3) is 0.720. The molecule has 3 unspecified atom stereocenters. The van der Waals surface area contributed by atoms with Crippen LogP contribution in [0.2, 0.25) is 0 Å². The van der Waals surface area contributed by atoms with Gasteiger partial charge in [0.15, 0.2) is 0 Å². The average Bonchev–Trinajstić information content (AvgIpc) is 3.30. The molecule has 3 fully saturated rings. The Kier molecular flexibility index (Phi) is 7.39. The molecule has 3 heterocycles. The first-order valence-corrected chi connectivity index (χ1v) is 11.9. The number of fused-ring (bicyclic) bond motifs is 1. The van der Waals surface area contributed by atoms with Crippen LogP contribution < -0.4 is 0 Å². The van der Waals surface area contributed by atoms with Crippen LogP contribution >= 0.6 is 0 Å². The van der Waals surface area contributed by atoms with Gasteiger partial charge >= 0.3 is 5.97 Å². The zero-order valence-electron chi connectivity index (χ0n) is 20.3. The van der Waals surface area contributed by atoms with Gasteiger partial charge in [-0.25, -0.2) is 0 Å². The van der Waals surface area contributed by atoms with Crippen molar-refractivity contribution in [3.05, 3.63) is 25.3 Å². The third kappa shape index (κ3) is 3.81. The summed E-state index contributed by atoms with van der Waals surface area (Å²) in [5.41, 5.74) is -2.06.